The van der Waals surface area contributed by atoms with E-state index in [2.05, 4.69) is 63.3 Å². The Morgan fingerprint density at radius 3 is 2.71 bits per heavy atom. The van der Waals surface area contributed by atoms with Gasteiger partial charge in [0.2, 0.25) is 5.82 Å². The molecule has 5 aromatic rings. The maximum atomic E-state index is 6.26. The number of ether oxygens (including phenoxy) is 1. The number of fused-ring (bicyclic) bond motifs is 3. The predicted octanol–water partition coefficient (Wildman–Crippen LogP) is 5.07. The topological polar surface area (TPSA) is 94.4 Å². The fourth-order valence-corrected chi connectivity index (χ4v) is 4.82. The van der Waals surface area contributed by atoms with Gasteiger partial charge in [0.1, 0.15) is 24.0 Å². The van der Waals surface area contributed by atoms with Gasteiger partial charge in [-0.1, -0.05) is 37.3 Å². The first-order chi connectivity index (χ1) is 17.2. The lowest BCUT2D eigenvalue weighted by Crippen LogP contribution is -2.10. The van der Waals surface area contributed by atoms with Crippen molar-refractivity contribution >= 4 is 22.2 Å². The van der Waals surface area contributed by atoms with Crippen LogP contribution in [-0.4, -0.2) is 35.2 Å². The van der Waals surface area contributed by atoms with E-state index in [-0.39, 0.29) is 0 Å². The number of benzene rings is 2. The molecule has 8 heteroatoms. The SMILES string of the molecule is CCCc1nc2ccccc2n1-c1nc2c(cc1C)/C(=C(/C)c1nn[nH]n1)c1ccccc1OC2. The number of aryl methyl sites for hydroxylation is 2. The maximum absolute atomic E-state index is 6.26. The molecule has 0 bridgehead atoms. The lowest BCUT2D eigenvalue weighted by molar-refractivity contribution is 0.302. The smallest absolute Gasteiger partial charge is 0.201 e. The number of H-pyrrole nitrogens is 1. The van der Waals surface area contributed by atoms with Crippen molar-refractivity contribution in [2.24, 2.45) is 0 Å². The van der Waals surface area contributed by atoms with E-state index in [9.17, 15) is 0 Å². The molecule has 35 heavy (non-hydrogen) atoms. The van der Waals surface area contributed by atoms with Crippen molar-refractivity contribution in [3.63, 3.8) is 0 Å². The summed E-state index contributed by atoms with van der Waals surface area (Å²) in [6.45, 7) is 6.65. The third-order valence-corrected chi connectivity index (χ3v) is 6.43. The molecule has 3 aromatic heterocycles. The Kier molecular flexibility index (Phi) is 5.13. The molecule has 0 saturated carbocycles. The van der Waals surface area contributed by atoms with E-state index in [1.54, 1.807) is 0 Å². The van der Waals surface area contributed by atoms with Crippen LogP contribution in [0.15, 0.2) is 54.6 Å². The number of nitrogens with zero attached hydrogens (tertiary/aromatic N) is 6. The van der Waals surface area contributed by atoms with Crippen LogP contribution in [0.3, 0.4) is 0 Å². The molecule has 0 saturated heterocycles. The number of aromatic nitrogens is 7. The highest BCUT2D eigenvalue weighted by Gasteiger charge is 2.26. The molecule has 0 spiro atoms. The molecule has 1 N–H and O–H groups in total. The second kappa shape index (κ2) is 8.47. The van der Waals surface area contributed by atoms with Crippen molar-refractivity contribution in [3.8, 4) is 11.6 Å². The number of pyridine rings is 1. The summed E-state index contributed by atoms with van der Waals surface area (Å²) in [6, 6.07) is 18.5. The average Bonchev–Trinajstić information content (AvgIpc) is 3.50. The van der Waals surface area contributed by atoms with Gasteiger partial charge in [-0.15, -0.1) is 10.2 Å². The quantitative estimate of drug-likeness (QED) is 0.400. The van der Waals surface area contributed by atoms with Crippen molar-refractivity contribution in [1.82, 2.24) is 35.2 Å². The zero-order valence-corrected chi connectivity index (χ0v) is 19.9. The van der Waals surface area contributed by atoms with Crippen LogP contribution in [0.5, 0.6) is 5.75 Å². The van der Waals surface area contributed by atoms with Gasteiger partial charge >= 0.3 is 0 Å². The molecule has 0 atom stereocenters. The number of imidazole rings is 1. The average molecular weight is 464 g/mol. The van der Waals surface area contributed by atoms with E-state index in [0.29, 0.717) is 12.4 Å². The van der Waals surface area contributed by atoms with Crippen LogP contribution >= 0.6 is 0 Å². The highest BCUT2D eigenvalue weighted by Crippen LogP contribution is 2.41. The summed E-state index contributed by atoms with van der Waals surface area (Å²) in [5.74, 6) is 3.25. The Labute approximate surface area is 202 Å². The number of rotatable bonds is 4. The maximum Gasteiger partial charge on any atom is 0.201 e. The molecular formula is C27H25N7O. The zero-order valence-electron chi connectivity index (χ0n) is 19.9. The Morgan fingerprint density at radius 1 is 1.06 bits per heavy atom. The number of nitrogens with one attached hydrogen (secondary N) is 1. The van der Waals surface area contributed by atoms with Crippen molar-refractivity contribution in [2.45, 2.75) is 40.2 Å². The molecule has 0 aliphatic carbocycles. The van der Waals surface area contributed by atoms with Crippen LogP contribution in [0.2, 0.25) is 0 Å². The molecule has 8 nitrogen and oxygen atoms in total. The van der Waals surface area contributed by atoms with Crippen LogP contribution in [0.25, 0.3) is 28.0 Å². The number of para-hydroxylation sites is 3. The van der Waals surface area contributed by atoms with Crippen LogP contribution in [0.4, 0.5) is 0 Å². The third-order valence-electron chi connectivity index (χ3n) is 6.43. The van der Waals surface area contributed by atoms with Crippen LogP contribution in [-0.2, 0) is 13.0 Å². The first-order valence-electron chi connectivity index (χ1n) is 11.8. The summed E-state index contributed by atoms with van der Waals surface area (Å²) in [4.78, 5) is 10.1. The van der Waals surface area contributed by atoms with Crippen molar-refractivity contribution < 1.29 is 4.74 Å². The van der Waals surface area contributed by atoms with Gasteiger partial charge in [0.15, 0.2) is 0 Å². The largest absolute Gasteiger partial charge is 0.487 e. The monoisotopic (exact) mass is 463 g/mol. The normalized spacial score (nSPS) is 14.3. The summed E-state index contributed by atoms with van der Waals surface area (Å²) < 4.78 is 8.46. The Balaban J connectivity index is 1.62. The number of aromatic amines is 1. The lowest BCUT2D eigenvalue weighted by Gasteiger charge is -2.17. The van der Waals surface area contributed by atoms with Gasteiger partial charge in [0.25, 0.3) is 0 Å². The fourth-order valence-electron chi connectivity index (χ4n) is 4.82. The minimum absolute atomic E-state index is 0.360. The summed E-state index contributed by atoms with van der Waals surface area (Å²) >= 11 is 0. The molecule has 1 aliphatic rings. The second-order valence-electron chi connectivity index (χ2n) is 8.75. The molecular weight excluding hydrogens is 438 g/mol. The summed E-state index contributed by atoms with van der Waals surface area (Å²) in [6.07, 6.45) is 1.87. The van der Waals surface area contributed by atoms with Crippen LogP contribution in [0, 0.1) is 6.92 Å². The van der Waals surface area contributed by atoms with Crippen molar-refractivity contribution in [1.29, 1.82) is 0 Å². The Morgan fingerprint density at radius 2 is 1.89 bits per heavy atom. The fraction of sp³-hybridized carbons (Fsp3) is 0.222. The third kappa shape index (κ3) is 3.49. The van der Waals surface area contributed by atoms with Gasteiger partial charge in [0.05, 0.1) is 16.7 Å². The van der Waals surface area contributed by atoms with Gasteiger partial charge in [-0.05, 0) is 55.3 Å². The van der Waals surface area contributed by atoms with Gasteiger partial charge in [-0.3, -0.25) is 4.57 Å². The molecule has 4 heterocycles. The van der Waals surface area contributed by atoms with Crippen molar-refractivity contribution in [3.05, 3.63) is 88.6 Å². The Bertz CT molecular complexity index is 1580. The zero-order chi connectivity index (χ0) is 23.9. The molecule has 0 radical (unpaired) electrons. The molecule has 2 aromatic carbocycles. The van der Waals surface area contributed by atoms with Gasteiger partial charge in [-0.2, -0.15) is 5.21 Å². The highest BCUT2D eigenvalue weighted by atomic mass is 16.5. The number of tetrazole rings is 1. The summed E-state index contributed by atoms with van der Waals surface area (Å²) in [5, 5.41) is 14.8. The van der Waals surface area contributed by atoms with E-state index >= 15 is 0 Å². The number of hydrogen-bond donors (Lipinski definition) is 1. The minimum Gasteiger partial charge on any atom is -0.487 e. The van der Waals surface area contributed by atoms with E-state index in [1.807, 2.05) is 37.3 Å². The van der Waals surface area contributed by atoms with Crippen LogP contribution < -0.4 is 4.74 Å². The van der Waals surface area contributed by atoms with Crippen LogP contribution in [0.1, 0.15) is 54.3 Å². The summed E-state index contributed by atoms with van der Waals surface area (Å²) in [7, 11) is 0. The van der Waals surface area contributed by atoms with E-state index in [0.717, 1.165) is 74.8 Å². The molecule has 6 rings (SSSR count). The van der Waals surface area contributed by atoms with Gasteiger partial charge in [-0.25, -0.2) is 9.97 Å². The number of allylic oxidation sites excluding steroid dienone is 1. The standard InChI is InChI=1S/C27H25N7O/c1-4-9-24-28-20-11-6-7-12-22(20)34(24)27-16(2)14-19-21(29-27)15-35-23-13-8-5-10-18(23)25(19)17(3)26-30-32-33-31-26/h5-8,10-14H,4,9,15H2,1-3H3,(H,30,31,32,33)/b25-17-. The minimum atomic E-state index is 0.360. The molecule has 0 fully saturated rings. The van der Waals surface area contributed by atoms with E-state index in [1.165, 1.54) is 0 Å². The molecule has 0 amide bonds. The first-order valence-corrected chi connectivity index (χ1v) is 11.8. The first kappa shape index (κ1) is 21.2. The molecule has 0 unspecified atom stereocenters. The molecule has 174 valence electrons. The van der Waals surface area contributed by atoms with Gasteiger partial charge < -0.3 is 4.74 Å². The highest BCUT2D eigenvalue weighted by molar-refractivity contribution is 5.99. The summed E-state index contributed by atoms with van der Waals surface area (Å²) in [5.41, 5.74) is 7.86. The molecule has 1 aliphatic heterocycles. The number of hydrogen-bond acceptors (Lipinski definition) is 6. The Hall–Kier alpha value is -4.33. The second-order valence-corrected chi connectivity index (χ2v) is 8.75. The van der Waals surface area contributed by atoms with Gasteiger partial charge in [0, 0.05) is 28.7 Å². The van der Waals surface area contributed by atoms with Crippen molar-refractivity contribution in [2.75, 3.05) is 0 Å². The lowest BCUT2D eigenvalue weighted by atomic mass is 9.91. The van der Waals surface area contributed by atoms with E-state index in [4.69, 9.17) is 14.7 Å². The van der Waals surface area contributed by atoms with E-state index < -0.39 is 0 Å². The predicted molar refractivity (Wildman–Crippen MR) is 134 cm³/mol.